The largest absolute Gasteiger partial charge is 0.506 e. The summed E-state index contributed by atoms with van der Waals surface area (Å²) in [7, 11) is 0. The van der Waals surface area contributed by atoms with Crippen LogP contribution in [-0.4, -0.2) is 11.3 Å². The van der Waals surface area contributed by atoms with Gasteiger partial charge in [0.15, 0.2) is 0 Å². The Kier molecular flexibility index (Phi) is 2.67. The third kappa shape index (κ3) is 1.73. The fourth-order valence-corrected chi connectivity index (χ4v) is 2.29. The van der Waals surface area contributed by atoms with Crippen LogP contribution in [0.5, 0.6) is 5.75 Å². The summed E-state index contributed by atoms with van der Waals surface area (Å²) in [5.41, 5.74) is 0.681. The van der Waals surface area contributed by atoms with Gasteiger partial charge in [-0.15, -0.1) is 0 Å². The van der Waals surface area contributed by atoms with E-state index in [4.69, 9.17) is 17.0 Å². The number of hydrogen-bond donors (Lipinski definition) is 2. The smallest absolute Gasteiger partial charge is 0.134 e. The molecule has 0 aliphatic heterocycles. The van der Waals surface area contributed by atoms with Gasteiger partial charge in [-0.1, -0.05) is 33.6 Å². The van der Waals surface area contributed by atoms with E-state index in [-0.39, 0.29) is 5.75 Å². The minimum atomic E-state index is 0.0367. The van der Waals surface area contributed by atoms with E-state index < -0.39 is 0 Å². The highest BCUT2D eigenvalue weighted by Crippen LogP contribution is 2.35. The van der Waals surface area contributed by atoms with Crippen molar-refractivity contribution in [1.82, 2.24) is 0 Å². The molecule has 0 aromatic heterocycles. The van der Waals surface area contributed by atoms with Crippen LogP contribution in [0.2, 0.25) is 5.02 Å². The number of halogens is 2. The molecule has 15 heavy (non-hydrogen) atoms. The minimum absolute atomic E-state index is 0.0367. The van der Waals surface area contributed by atoms with Crippen LogP contribution < -0.4 is 0 Å². The summed E-state index contributed by atoms with van der Waals surface area (Å²) in [4.78, 5) is 0. The molecule has 2 aromatic carbocycles. The number of fused-ring (bicyclic) bond motifs is 1. The normalized spacial score (nSPS) is 10.5. The lowest BCUT2D eigenvalue weighted by atomic mass is 10.0. The maximum Gasteiger partial charge on any atom is 0.134 e. The molecule has 0 aliphatic rings. The molecule has 2 aromatic rings. The first-order valence-corrected chi connectivity index (χ1v) is 5.42. The Bertz CT molecular complexity index is 554. The second-order valence-electron chi connectivity index (χ2n) is 3.14. The van der Waals surface area contributed by atoms with Crippen LogP contribution in [0.25, 0.3) is 10.8 Å². The predicted molar refractivity (Wildman–Crippen MR) is 66.2 cm³/mol. The average Bonchev–Trinajstić information content (AvgIpc) is 2.22. The van der Waals surface area contributed by atoms with Crippen molar-refractivity contribution in [2.45, 2.75) is 0 Å². The van der Waals surface area contributed by atoms with Crippen LogP contribution in [0.4, 0.5) is 0 Å². The second-order valence-corrected chi connectivity index (χ2v) is 4.43. The molecular weight excluding hydrogens is 277 g/mol. The van der Waals surface area contributed by atoms with Crippen LogP contribution in [0, 0.1) is 5.41 Å². The van der Waals surface area contributed by atoms with Gasteiger partial charge in [0, 0.05) is 21.6 Å². The van der Waals surface area contributed by atoms with Crippen molar-refractivity contribution in [3.05, 3.63) is 39.3 Å². The summed E-state index contributed by atoms with van der Waals surface area (Å²) in [6.45, 7) is 0. The Hall–Kier alpha value is -1.06. The predicted octanol–water partition coefficient (Wildman–Crippen LogP) is 3.96. The highest BCUT2D eigenvalue weighted by molar-refractivity contribution is 9.10. The number of rotatable bonds is 1. The summed E-state index contributed by atoms with van der Waals surface area (Å²) in [6.07, 6.45) is 1.22. The van der Waals surface area contributed by atoms with Gasteiger partial charge in [0.05, 0.1) is 5.02 Å². The van der Waals surface area contributed by atoms with Crippen molar-refractivity contribution in [1.29, 1.82) is 5.41 Å². The third-order valence-corrected chi connectivity index (χ3v) is 3.03. The molecule has 0 amide bonds. The number of benzene rings is 2. The van der Waals surface area contributed by atoms with Gasteiger partial charge in [-0.05, 0) is 23.6 Å². The number of phenolic OH excluding ortho intramolecular Hbond substituents is 1. The van der Waals surface area contributed by atoms with Gasteiger partial charge in [-0.2, -0.15) is 0 Å². The second kappa shape index (κ2) is 3.83. The van der Waals surface area contributed by atoms with E-state index in [2.05, 4.69) is 15.9 Å². The standard InChI is InChI=1S/C11H7BrClNO/c12-8-3-6-1-2-9(15)11(13)10(6)7(4-8)5-14/h1-5,14-15H. The fourth-order valence-electron chi connectivity index (χ4n) is 1.52. The average molecular weight is 285 g/mol. The molecule has 0 aliphatic carbocycles. The maximum absolute atomic E-state index is 9.49. The zero-order valence-corrected chi connectivity index (χ0v) is 9.93. The molecule has 4 heteroatoms. The first-order chi connectivity index (χ1) is 7.13. The highest BCUT2D eigenvalue weighted by Gasteiger charge is 2.08. The van der Waals surface area contributed by atoms with Crippen molar-refractivity contribution >= 4 is 44.5 Å². The van der Waals surface area contributed by atoms with Gasteiger partial charge < -0.3 is 10.5 Å². The number of hydrogen-bond acceptors (Lipinski definition) is 2. The molecular formula is C11H7BrClNO. The SMILES string of the molecule is N=Cc1cc(Br)cc2ccc(O)c(Cl)c12. The molecule has 0 saturated carbocycles. The Morgan fingerprint density at radius 2 is 2.07 bits per heavy atom. The summed E-state index contributed by atoms with van der Waals surface area (Å²) in [6, 6.07) is 7.01. The van der Waals surface area contributed by atoms with Gasteiger partial charge >= 0.3 is 0 Å². The Balaban J connectivity index is 2.97. The van der Waals surface area contributed by atoms with E-state index in [9.17, 15) is 5.11 Å². The van der Waals surface area contributed by atoms with E-state index in [1.165, 1.54) is 6.21 Å². The van der Waals surface area contributed by atoms with Crippen molar-refractivity contribution in [3.8, 4) is 5.75 Å². The zero-order chi connectivity index (χ0) is 11.0. The molecule has 0 radical (unpaired) electrons. The maximum atomic E-state index is 9.49. The summed E-state index contributed by atoms with van der Waals surface area (Å²) in [5.74, 6) is 0.0367. The molecule has 2 rings (SSSR count). The topological polar surface area (TPSA) is 44.1 Å². The van der Waals surface area contributed by atoms with Gasteiger partial charge in [-0.25, -0.2) is 0 Å². The van der Waals surface area contributed by atoms with Crippen LogP contribution in [-0.2, 0) is 0 Å². The van der Waals surface area contributed by atoms with Crippen molar-refractivity contribution in [3.63, 3.8) is 0 Å². The van der Waals surface area contributed by atoms with E-state index >= 15 is 0 Å². The quantitative estimate of drug-likeness (QED) is 0.765. The number of phenols is 1. The van der Waals surface area contributed by atoms with Gasteiger partial charge in [0.25, 0.3) is 0 Å². The van der Waals surface area contributed by atoms with Gasteiger partial charge in [0.1, 0.15) is 5.75 Å². The van der Waals surface area contributed by atoms with E-state index in [1.807, 2.05) is 6.07 Å². The summed E-state index contributed by atoms with van der Waals surface area (Å²) < 4.78 is 0.884. The first kappa shape index (κ1) is 10.5. The van der Waals surface area contributed by atoms with Crippen LogP contribution in [0.1, 0.15) is 5.56 Å². The lowest BCUT2D eigenvalue weighted by molar-refractivity contribution is 0.476. The van der Waals surface area contributed by atoms with Crippen LogP contribution >= 0.6 is 27.5 Å². The molecule has 0 heterocycles. The summed E-state index contributed by atoms with van der Waals surface area (Å²) >= 11 is 9.35. The van der Waals surface area contributed by atoms with Crippen molar-refractivity contribution in [2.24, 2.45) is 0 Å². The molecule has 0 saturated heterocycles. The lowest BCUT2D eigenvalue weighted by Crippen LogP contribution is -1.85. The molecule has 0 unspecified atom stereocenters. The van der Waals surface area contributed by atoms with E-state index in [1.54, 1.807) is 18.2 Å². The Labute approximate surface area is 100 Å². The minimum Gasteiger partial charge on any atom is -0.506 e. The third-order valence-electron chi connectivity index (χ3n) is 2.18. The fraction of sp³-hybridized carbons (Fsp3) is 0. The van der Waals surface area contributed by atoms with E-state index in [0.717, 1.165) is 9.86 Å². The molecule has 0 fully saturated rings. The van der Waals surface area contributed by atoms with Crippen molar-refractivity contribution in [2.75, 3.05) is 0 Å². The highest BCUT2D eigenvalue weighted by atomic mass is 79.9. The monoisotopic (exact) mass is 283 g/mol. The zero-order valence-electron chi connectivity index (χ0n) is 7.59. The Morgan fingerprint density at radius 3 is 2.73 bits per heavy atom. The molecule has 0 atom stereocenters. The number of nitrogens with one attached hydrogen (secondary N) is 1. The summed E-state index contributed by atoms with van der Waals surface area (Å²) in [5, 5.41) is 18.7. The molecule has 2 nitrogen and oxygen atoms in total. The van der Waals surface area contributed by atoms with E-state index in [0.29, 0.717) is 16.0 Å². The van der Waals surface area contributed by atoms with Gasteiger partial charge in [-0.3, -0.25) is 0 Å². The molecule has 0 bridgehead atoms. The van der Waals surface area contributed by atoms with Crippen LogP contribution in [0.3, 0.4) is 0 Å². The molecule has 0 spiro atoms. The number of aromatic hydroxyl groups is 1. The van der Waals surface area contributed by atoms with Crippen molar-refractivity contribution < 1.29 is 5.11 Å². The van der Waals surface area contributed by atoms with Gasteiger partial charge in [0.2, 0.25) is 0 Å². The lowest BCUT2D eigenvalue weighted by Gasteiger charge is -2.06. The molecule has 2 N–H and O–H groups in total. The molecule has 76 valence electrons. The van der Waals surface area contributed by atoms with Crippen LogP contribution in [0.15, 0.2) is 28.7 Å². The Morgan fingerprint density at radius 1 is 1.33 bits per heavy atom. The first-order valence-electron chi connectivity index (χ1n) is 4.24.